The second-order valence-corrected chi connectivity index (χ2v) is 8.39. The molecular weight excluding hydrogens is 416 g/mol. The van der Waals surface area contributed by atoms with Gasteiger partial charge in [-0.2, -0.15) is 0 Å². The van der Waals surface area contributed by atoms with Gasteiger partial charge in [-0.15, -0.1) is 10.2 Å². The van der Waals surface area contributed by atoms with Crippen LogP contribution in [-0.2, 0) is 16.0 Å². The zero-order chi connectivity index (χ0) is 19.8. The van der Waals surface area contributed by atoms with Gasteiger partial charge in [-0.3, -0.25) is 9.59 Å². The summed E-state index contributed by atoms with van der Waals surface area (Å²) >= 11 is 8.40. The van der Waals surface area contributed by atoms with Crippen molar-refractivity contribution in [1.82, 2.24) is 10.2 Å². The van der Waals surface area contributed by atoms with Gasteiger partial charge in [0.05, 0.1) is 5.75 Å². The minimum absolute atomic E-state index is 0.116. The van der Waals surface area contributed by atoms with E-state index in [1.807, 2.05) is 30.3 Å². The van der Waals surface area contributed by atoms with Crippen LogP contribution in [0.5, 0.6) is 0 Å². The molecule has 0 saturated heterocycles. The number of halogens is 1. The zero-order valence-corrected chi connectivity index (χ0v) is 17.1. The van der Waals surface area contributed by atoms with Crippen molar-refractivity contribution >= 4 is 57.3 Å². The van der Waals surface area contributed by atoms with Crippen LogP contribution >= 0.6 is 34.7 Å². The molecule has 2 N–H and O–H groups in total. The van der Waals surface area contributed by atoms with Gasteiger partial charge in [0.25, 0.3) is 0 Å². The van der Waals surface area contributed by atoms with E-state index in [0.717, 1.165) is 5.56 Å². The number of aromatic nitrogens is 2. The first-order chi connectivity index (χ1) is 13.6. The number of thioether (sulfide) groups is 1. The van der Waals surface area contributed by atoms with E-state index in [9.17, 15) is 9.59 Å². The van der Waals surface area contributed by atoms with E-state index >= 15 is 0 Å². The smallest absolute Gasteiger partial charge is 0.234 e. The van der Waals surface area contributed by atoms with Gasteiger partial charge in [0.1, 0.15) is 0 Å². The van der Waals surface area contributed by atoms with Crippen molar-refractivity contribution in [1.29, 1.82) is 0 Å². The van der Waals surface area contributed by atoms with E-state index < -0.39 is 0 Å². The molecule has 2 aromatic carbocycles. The number of amides is 2. The van der Waals surface area contributed by atoms with Crippen molar-refractivity contribution in [3.8, 4) is 0 Å². The van der Waals surface area contributed by atoms with E-state index in [1.165, 1.54) is 23.1 Å². The standard InChI is InChI=1S/C19H17ClN4O2S2/c20-14-7-4-8-15(11-14)21-17(26)12-27-19-24-23-18(28-19)22-16(25)10-9-13-5-2-1-3-6-13/h1-8,11H,9-10,12H2,(H,21,26)(H,22,23,25). The maximum atomic E-state index is 12.0. The number of nitrogens with zero attached hydrogens (tertiary/aromatic N) is 2. The fourth-order valence-electron chi connectivity index (χ4n) is 2.29. The summed E-state index contributed by atoms with van der Waals surface area (Å²) < 4.78 is 0.611. The van der Waals surface area contributed by atoms with Gasteiger partial charge < -0.3 is 10.6 Å². The summed E-state index contributed by atoms with van der Waals surface area (Å²) in [7, 11) is 0. The Morgan fingerprint density at radius 1 is 1.00 bits per heavy atom. The summed E-state index contributed by atoms with van der Waals surface area (Å²) in [6.45, 7) is 0. The molecule has 1 heterocycles. The fraction of sp³-hybridized carbons (Fsp3) is 0.158. The van der Waals surface area contributed by atoms with Crippen LogP contribution < -0.4 is 10.6 Å². The Morgan fingerprint density at radius 3 is 2.61 bits per heavy atom. The van der Waals surface area contributed by atoms with Crippen molar-refractivity contribution in [2.45, 2.75) is 17.2 Å². The van der Waals surface area contributed by atoms with Gasteiger partial charge in [-0.05, 0) is 30.2 Å². The number of aryl methyl sites for hydroxylation is 1. The first-order valence-electron chi connectivity index (χ1n) is 8.44. The van der Waals surface area contributed by atoms with Crippen molar-refractivity contribution in [3.63, 3.8) is 0 Å². The molecule has 6 nitrogen and oxygen atoms in total. The number of benzene rings is 2. The van der Waals surface area contributed by atoms with Crippen LogP contribution in [0.4, 0.5) is 10.8 Å². The Labute approximate surface area is 175 Å². The molecule has 0 fully saturated rings. The highest BCUT2D eigenvalue weighted by Crippen LogP contribution is 2.26. The molecule has 0 atom stereocenters. The molecular formula is C19H17ClN4O2S2. The maximum Gasteiger partial charge on any atom is 0.234 e. The molecule has 0 unspecified atom stereocenters. The predicted molar refractivity (Wildman–Crippen MR) is 114 cm³/mol. The van der Waals surface area contributed by atoms with E-state index in [-0.39, 0.29) is 17.6 Å². The van der Waals surface area contributed by atoms with Crippen LogP contribution in [0.2, 0.25) is 5.02 Å². The average Bonchev–Trinajstić information content (AvgIpc) is 3.13. The number of rotatable bonds is 8. The number of carbonyl (C=O) groups is 2. The third-order valence-electron chi connectivity index (χ3n) is 3.57. The fourth-order valence-corrected chi connectivity index (χ4v) is 4.05. The highest BCUT2D eigenvalue weighted by molar-refractivity contribution is 8.01. The first kappa shape index (κ1) is 20.3. The quantitative estimate of drug-likeness (QED) is 0.404. The topological polar surface area (TPSA) is 84.0 Å². The second kappa shape index (κ2) is 10.2. The van der Waals surface area contributed by atoms with Crippen LogP contribution in [0, 0.1) is 0 Å². The number of anilines is 2. The van der Waals surface area contributed by atoms with Crippen molar-refractivity contribution in [3.05, 3.63) is 65.2 Å². The van der Waals surface area contributed by atoms with Crippen LogP contribution in [0.3, 0.4) is 0 Å². The van der Waals surface area contributed by atoms with Crippen LogP contribution in [0.25, 0.3) is 0 Å². The van der Waals surface area contributed by atoms with Crippen LogP contribution in [0.1, 0.15) is 12.0 Å². The highest BCUT2D eigenvalue weighted by Gasteiger charge is 2.11. The average molecular weight is 433 g/mol. The van der Waals surface area contributed by atoms with E-state index in [0.29, 0.717) is 33.0 Å². The molecule has 0 aliphatic heterocycles. The number of hydrogen-bond donors (Lipinski definition) is 2. The minimum atomic E-state index is -0.170. The number of hydrogen-bond acceptors (Lipinski definition) is 6. The summed E-state index contributed by atoms with van der Waals surface area (Å²) in [5, 5.41) is 14.4. The summed E-state index contributed by atoms with van der Waals surface area (Å²) in [6, 6.07) is 16.8. The van der Waals surface area contributed by atoms with E-state index in [1.54, 1.807) is 24.3 Å². The number of nitrogens with one attached hydrogen (secondary N) is 2. The van der Waals surface area contributed by atoms with E-state index in [2.05, 4.69) is 20.8 Å². The summed E-state index contributed by atoms with van der Waals surface area (Å²) in [6.07, 6.45) is 1.03. The Bertz CT molecular complexity index is 950. The summed E-state index contributed by atoms with van der Waals surface area (Å²) in [5.74, 6) is -0.102. The molecule has 3 rings (SSSR count). The third kappa shape index (κ3) is 6.63. The number of carbonyl (C=O) groups excluding carboxylic acids is 2. The molecule has 9 heteroatoms. The predicted octanol–water partition coefficient (Wildman–Crippen LogP) is 4.49. The van der Waals surface area contributed by atoms with Crippen molar-refractivity contribution in [2.24, 2.45) is 0 Å². The molecule has 0 spiro atoms. The summed E-state index contributed by atoms with van der Waals surface area (Å²) in [4.78, 5) is 24.1. The molecule has 0 aliphatic carbocycles. The third-order valence-corrected chi connectivity index (χ3v) is 5.78. The summed E-state index contributed by atoms with van der Waals surface area (Å²) in [5.41, 5.74) is 1.75. The van der Waals surface area contributed by atoms with Gasteiger partial charge in [-0.25, -0.2) is 0 Å². The van der Waals surface area contributed by atoms with Gasteiger partial charge in [0, 0.05) is 17.1 Å². The minimum Gasteiger partial charge on any atom is -0.325 e. The molecule has 2 amide bonds. The molecule has 0 aliphatic rings. The Kier molecular flexibility index (Phi) is 7.41. The Balaban J connectivity index is 1.42. The second-order valence-electron chi connectivity index (χ2n) is 5.75. The van der Waals surface area contributed by atoms with Crippen molar-refractivity contribution < 1.29 is 9.59 Å². The zero-order valence-electron chi connectivity index (χ0n) is 14.7. The molecule has 0 radical (unpaired) electrons. The lowest BCUT2D eigenvalue weighted by atomic mass is 10.1. The highest BCUT2D eigenvalue weighted by atomic mass is 35.5. The molecule has 3 aromatic rings. The molecule has 0 bridgehead atoms. The normalized spacial score (nSPS) is 10.5. The van der Waals surface area contributed by atoms with Gasteiger partial charge >= 0.3 is 0 Å². The first-order valence-corrected chi connectivity index (χ1v) is 10.6. The lowest BCUT2D eigenvalue weighted by molar-refractivity contribution is -0.116. The Hall–Kier alpha value is -2.42. The van der Waals surface area contributed by atoms with E-state index in [4.69, 9.17) is 11.6 Å². The van der Waals surface area contributed by atoms with Crippen LogP contribution in [-0.4, -0.2) is 27.8 Å². The molecule has 28 heavy (non-hydrogen) atoms. The van der Waals surface area contributed by atoms with Gasteiger partial charge in [0.2, 0.25) is 16.9 Å². The largest absolute Gasteiger partial charge is 0.325 e. The van der Waals surface area contributed by atoms with Crippen molar-refractivity contribution in [2.75, 3.05) is 16.4 Å². The van der Waals surface area contributed by atoms with Gasteiger partial charge in [0.15, 0.2) is 4.34 Å². The van der Waals surface area contributed by atoms with Gasteiger partial charge in [-0.1, -0.05) is 71.1 Å². The lowest BCUT2D eigenvalue weighted by Gasteiger charge is -2.04. The molecule has 144 valence electrons. The Morgan fingerprint density at radius 2 is 1.82 bits per heavy atom. The lowest BCUT2D eigenvalue weighted by Crippen LogP contribution is -2.13. The van der Waals surface area contributed by atoms with Crippen LogP contribution in [0.15, 0.2) is 58.9 Å². The molecule has 1 aromatic heterocycles. The molecule has 0 saturated carbocycles. The monoisotopic (exact) mass is 432 g/mol. The maximum absolute atomic E-state index is 12.0. The SMILES string of the molecule is O=C(CSc1nnc(NC(=O)CCc2ccccc2)s1)Nc1cccc(Cl)c1.